The summed E-state index contributed by atoms with van der Waals surface area (Å²) in [6.07, 6.45) is 3.44. The van der Waals surface area contributed by atoms with Gasteiger partial charge in [0.25, 0.3) is 0 Å². The van der Waals surface area contributed by atoms with E-state index >= 15 is 0 Å². The minimum atomic E-state index is 0.392. The lowest BCUT2D eigenvalue weighted by Gasteiger charge is -2.13. The van der Waals surface area contributed by atoms with Gasteiger partial charge in [-0.05, 0) is 29.6 Å². The molecule has 0 aliphatic carbocycles. The molecule has 1 aromatic rings. The Morgan fingerprint density at radius 1 is 1.64 bits per heavy atom. The molecule has 2 rings (SSSR count). The van der Waals surface area contributed by atoms with E-state index in [-0.39, 0.29) is 0 Å². The van der Waals surface area contributed by atoms with E-state index in [2.05, 4.69) is 15.3 Å². The van der Waals surface area contributed by atoms with E-state index in [1.165, 1.54) is 5.56 Å². The van der Waals surface area contributed by atoms with Crippen molar-refractivity contribution < 1.29 is 4.42 Å². The van der Waals surface area contributed by atoms with Gasteiger partial charge >= 0.3 is 0 Å². The van der Waals surface area contributed by atoms with Crippen LogP contribution in [0.2, 0.25) is 0 Å². The molecule has 1 N–H and O–H groups in total. The topological polar surface area (TPSA) is 73.9 Å². The number of hydrogen-bond acceptors (Lipinski definition) is 3. The molecule has 1 saturated heterocycles. The molecule has 74 valence electrons. The van der Waals surface area contributed by atoms with E-state index in [4.69, 9.17) is 9.95 Å². The van der Waals surface area contributed by atoms with Crippen LogP contribution in [-0.4, -0.2) is 19.6 Å². The molecule has 0 bridgehead atoms. The minimum Gasteiger partial charge on any atom is -0.472 e. The first-order valence-corrected chi connectivity index (χ1v) is 4.65. The zero-order valence-electron chi connectivity index (χ0n) is 7.76. The minimum absolute atomic E-state index is 0.392. The second-order valence-electron chi connectivity index (χ2n) is 3.49. The Balaban J connectivity index is 2.07. The van der Waals surface area contributed by atoms with Gasteiger partial charge in [-0.3, -0.25) is 0 Å². The van der Waals surface area contributed by atoms with Gasteiger partial charge in [-0.2, -0.15) is 0 Å². The van der Waals surface area contributed by atoms with Gasteiger partial charge in [0.05, 0.1) is 12.5 Å². The first-order valence-electron chi connectivity index (χ1n) is 4.65. The standard InChI is InChI=1S/C9H12N4O/c10-13-12-4-8-3-11-5-9(8)7-1-2-14-6-7/h1-2,6,8-9,11H,3-5H2. The Bertz CT molecular complexity index is 329. The SMILES string of the molecule is [N-]=[N+]=NCC1CNCC1c1ccoc1. The number of furan rings is 1. The third kappa shape index (κ3) is 1.73. The normalized spacial score (nSPS) is 26.0. The van der Waals surface area contributed by atoms with Gasteiger partial charge in [0.1, 0.15) is 0 Å². The molecule has 1 aliphatic heterocycles. The predicted molar refractivity (Wildman–Crippen MR) is 51.8 cm³/mol. The molecular weight excluding hydrogens is 180 g/mol. The van der Waals surface area contributed by atoms with Crippen LogP contribution in [0.4, 0.5) is 0 Å². The fourth-order valence-electron chi connectivity index (χ4n) is 1.94. The van der Waals surface area contributed by atoms with Crippen LogP contribution < -0.4 is 5.32 Å². The first kappa shape index (κ1) is 9.12. The van der Waals surface area contributed by atoms with Gasteiger partial charge in [-0.1, -0.05) is 5.11 Å². The highest BCUT2D eigenvalue weighted by atomic mass is 16.3. The number of azide groups is 1. The van der Waals surface area contributed by atoms with Gasteiger partial charge in [0, 0.05) is 23.9 Å². The van der Waals surface area contributed by atoms with E-state index in [0.29, 0.717) is 18.4 Å². The van der Waals surface area contributed by atoms with Crippen molar-refractivity contribution in [2.45, 2.75) is 5.92 Å². The van der Waals surface area contributed by atoms with E-state index in [1.54, 1.807) is 12.5 Å². The molecule has 0 aromatic carbocycles. The number of hydrogen-bond donors (Lipinski definition) is 1. The van der Waals surface area contributed by atoms with Gasteiger partial charge in [-0.15, -0.1) is 0 Å². The molecule has 2 heterocycles. The van der Waals surface area contributed by atoms with Crippen molar-refractivity contribution in [1.29, 1.82) is 0 Å². The smallest absolute Gasteiger partial charge is 0.0937 e. The Kier molecular flexibility index (Phi) is 2.72. The summed E-state index contributed by atoms with van der Waals surface area (Å²) in [7, 11) is 0. The summed E-state index contributed by atoms with van der Waals surface area (Å²) in [5, 5.41) is 6.92. The van der Waals surface area contributed by atoms with Crippen molar-refractivity contribution in [1.82, 2.24) is 5.32 Å². The lowest BCUT2D eigenvalue weighted by molar-refractivity contribution is 0.515. The lowest BCUT2D eigenvalue weighted by Crippen LogP contribution is -2.13. The quantitative estimate of drug-likeness (QED) is 0.451. The van der Waals surface area contributed by atoms with Gasteiger partial charge in [-0.25, -0.2) is 0 Å². The molecular formula is C9H12N4O. The van der Waals surface area contributed by atoms with Crippen LogP contribution in [-0.2, 0) is 0 Å². The summed E-state index contributed by atoms with van der Waals surface area (Å²) in [5.74, 6) is 0.808. The average Bonchev–Trinajstić information content (AvgIpc) is 2.84. The van der Waals surface area contributed by atoms with Gasteiger partial charge in [0.15, 0.2) is 0 Å². The summed E-state index contributed by atoms with van der Waals surface area (Å²) in [5.41, 5.74) is 9.45. The fraction of sp³-hybridized carbons (Fsp3) is 0.556. The molecule has 0 saturated carbocycles. The molecule has 0 spiro atoms. The number of nitrogens with zero attached hydrogens (tertiary/aromatic N) is 3. The van der Waals surface area contributed by atoms with Crippen molar-refractivity contribution in [2.24, 2.45) is 11.0 Å². The highest BCUT2D eigenvalue weighted by Crippen LogP contribution is 2.28. The molecule has 0 radical (unpaired) electrons. The Labute approximate surface area is 81.7 Å². The molecule has 1 aliphatic rings. The molecule has 0 amide bonds. The lowest BCUT2D eigenvalue weighted by atomic mass is 9.91. The van der Waals surface area contributed by atoms with Crippen molar-refractivity contribution in [3.05, 3.63) is 34.6 Å². The molecule has 5 nitrogen and oxygen atoms in total. The Hall–Kier alpha value is -1.45. The maximum Gasteiger partial charge on any atom is 0.0937 e. The predicted octanol–water partition coefficient (Wildman–Crippen LogP) is 1.89. The zero-order valence-corrected chi connectivity index (χ0v) is 7.76. The largest absolute Gasteiger partial charge is 0.472 e. The van der Waals surface area contributed by atoms with E-state index in [1.807, 2.05) is 6.07 Å². The van der Waals surface area contributed by atoms with E-state index < -0.39 is 0 Å². The van der Waals surface area contributed by atoms with Crippen LogP contribution in [0, 0.1) is 5.92 Å². The zero-order chi connectivity index (χ0) is 9.80. The van der Waals surface area contributed by atoms with Crippen LogP contribution in [0.1, 0.15) is 11.5 Å². The van der Waals surface area contributed by atoms with E-state index in [9.17, 15) is 0 Å². The summed E-state index contributed by atoms with van der Waals surface area (Å²) in [4.78, 5) is 2.79. The van der Waals surface area contributed by atoms with Crippen molar-refractivity contribution in [2.75, 3.05) is 19.6 Å². The van der Waals surface area contributed by atoms with Crippen LogP contribution >= 0.6 is 0 Å². The Morgan fingerprint density at radius 2 is 2.57 bits per heavy atom. The third-order valence-electron chi connectivity index (χ3n) is 2.69. The number of nitrogens with one attached hydrogen (secondary N) is 1. The molecule has 14 heavy (non-hydrogen) atoms. The average molecular weight is 192 g/mol. The highest BCUT2D eigenvalue weighted by Gasteiger charge is 2.28. The summed E-state index contributed by atoms with van der Waals surface area (Å²) >= 11 is 0. The first-order chi connectivity index (χ1) is 6.92. The van der Waals surface area contributed by atoms with Crippen LogP contribution in [0.3, 0.4) is 0 Å². The fourth-order valence-corrected chi connectivity index (χ4v) is 1.94. The number of rotatable bonds is 3. The second-order valence-corrected chi connectivity index (χ2v) is 3.49. The Morgan fingerprint density at radius 3 is 3.29 bits per heavy atom. The van der Waals surface area contributed by atoms with Crippen LogP contribution in [0.5, 0.6) is 0 Å². The molecule has 2 atom stereocenters. The van der Waals surface area contributed by atoms with Crippen LogP contribution in [0.15, 0.2) is 28.1 Å². The van der Waals surface area contributed by atoms with Crippen molar-refractivity contribution in [3.8, 4) is 0 Å². The summed E-state index contributed by atoms with van der Waals surface area (Å²) in [6.45, 7) is 2.40. The van der Waals surface area contributed by atoms with E-state index in [0.717, 1.165) is 13.1 Å². The van der Waals surface area contributed by atoms with Gasteiger partial charge in [0.2, 0.25) is 0 Å². The van der Waals surface area contributed by atoms with Crippen LogP contribution in [0.25, 0.3) is 10.4 Å². The third-order valence-corrected chi connectivity index (χ3v) is 2.69. The van der Waals surface area contributed by atoms with Crippen molar-refractivity contribution in [3.63, 3.8) is 0 Å². The molecule has 1 aromatic heterocycles. The second kappa shape index (κ2) is 4.17. The maximum absolute atomic E-state index is 8.26. The highest BCUT2D eigenvalue weighted by molar-refractivity contribution is 5.16. The van der Waals surface area contributed by atoms with Crippen molar-refractivity contribution >= 4 is 0 Å². The monoisotopic (exact) mass is 192 g/mol. The maximum atomic E-state index is 8.26. The van der Waals surface area contributed by atoms with Gasteiger partial charge < -0.3 is 9.73 Å². The molecule has 5 heteroatoms. The summed E-state index contributed by atoms with van der Waals surface area (Å²) < 4.78 is 5.05. The summed E-state index contributed by atoms with van der Waals surface area (Å²) in [6, 6.07) is 1.97. The molecule has 2 unspecified atom stereocenters. The molecule has 1 fully saturated rings.